The highest BCUT2D eigenvalue weighted by Crippen LogP contribution is 2.19. The molecule has 0 heterocycles. The molecule has 0 radical (unpaired) electrons. The lowest BCUT2D eigenvalue weighted by atomic mass is 10.0. The van der Waals surface area contributed by atoms with Crippen LogP contribution in [-0.4, -0.2) is 41.6 Å². The maximum atomic E-state index is 12.6. The molecule has 0 bridgehead atoms. The molecule has 0 aliphatic heterocycles. The summed E-state index contributed by atoms with van der Waals surface area (Å²) in [5.74, 6) is 0.804. The van der Waals surface area contributed by atoms with Gasteiger partial charge in [0.25, 0.3) is 0 Å². The van der Waals surface area contributed by atoms with Crippen molar-refractivity contribution in [2.45, 2.75) is 38.5 Å². The Labute approximate surface area is 199 Å². The smallest absolute Gasteiger partial charge is 0.329 e. The molecule has 5 nitrogen and oxygen atoms in total. The minimum absolute atomic E-state index is 0.0752. The Morgan fingerprint density at radius 2 is 1.59 bits per heavy atom. The van der Waals surface area contributed by atoms with Crippen molar-refractivity contribution in [1.29, 1.82) is 0 Å². The van der Waals surface area contributed by atoms with E-state index in [1.165, 1.54) is 18.2 Å². The van der Waals surface area contributed by atoms with Gasteiger partial charge in [0.2, 0.25) is 11.0 Å². The second-order valence-electron chi connectivity index (χ2n) is 7.86. The molecule has 2 aromatic carbocycles. The van der Waals surface area contributed by atoms with Crippen molar-refractivity contribution >= 4 is 40.5 Å². The van der Waals surface area contributed by atoms with Gasteiger partial charge in [-0.2, -0.15) is 11.8 Å². The van der Waals surface area contributed by atoms with Crippen molar-refractivity contribution in [3.8, 4) is 0 Å². The molecule has 1 N–H and O–H groups in total. The molecule has 2 aromatic rings. The maximum absolute atomic E-state index is 12.6. The number of carbonyl (C=O) groups is 3. The van der Waals surface area contributed by atoms with Crippen molar-refractivity contribution in [3.05, 3.63) is 71.3 Å². The third-order valence-corrected chi connectivity index (χ3v) is 7.19. The monoisotopic (exact) mass is 473 g/mol. The molecule has 0 saturated heterocycles. The lowest BCUT2D eigenvalue weighted by molar-refractivity contribution is -0.144. The third-order valence-electron chi connectivity index (χ3n) is 4.92. The summed E-state index contributed by atoms with van der Waals surface area (Å²) in [6.07, 6.45) is 0. The molecular weight excluding hydrogens is 442 g/mol. The zero-order valence-electron chi connectivity index (χ0n) is 19.0. The highest BCUT2D eigenvalue weighted by molar-refractivity contribution is 8.14. The van der Waals surface area contributed by atoms with E-state index in [-0.39, 0.29) is 11.0 Å². The first kappa shape index (κ1) is 26.0. The summed E-state index contributed by atoms with van der Waals surface area (Å²) >= 11 is 2.67. The molecule has 0 aliphatic rings. The fourth-order valence-corrected chi connectivity index (χ4v) is 4.71. The van der Waals surface area contributed by atoms with E-state index < -0.39 is 17.9 Å². The molecule has 0 unspecified atom stereocenters. The first-order valence-electron chi connectivity index (χ1n) is 10.6. The van der Waals surface area contributed by atoms with E-state index in [0.29, 0.717) is 23.0 Å². The summed E-state index contributed by atoms with van der Waals surface area (Å²) in [5, 5.41) is 2.71. The van der Waals surface area contributed by atoms with Gasteiger partial charge in [0.1, 0.15) is 6.04 Å². The Balaban J connectivity index is 1.84. The van der Waals surface area contributed by atoms with Gasteiger partial charge < -0.3 is 10.1 Å². The zero-order chi connectivity index (χ0) is 23.5. The Kier molecular flexibility index (Phi) is 10.8. The van der Waals surface area contributed by atoms with E-state index in [2.05, 4.69) is 43.4 Å². The quantitative estimate of drug-likeness (QED) is 0.468. The van der Waals surface area contributed by atoms with Crippen molar-refractivity contribution in [3.63, 3.8) is 0 Å². The highest BCUT2D eigenvalue weighted by atomic mass is 32.2. The number of thioether (sulfide) groups is 2. The molecule has 2 rings (SSSR count). The van der Waals surface area contributed by atoms with Crippen LogP contribution in [0.1, 0.15) is 48.2 Å². The first-order chi connectivity index (χ1) is 15.3. The van der Waals surface area contributed by atoms with Crippen LogP contribution in [0.15, 0.2) is 54.6 Å². The van der Waals surface area contributed by atoms with Crippen molar-refractivity contribution in [2.75, 3.05) is 18.6 Å². The second kappa shape index (κ2) is 13.3. The van der Waals surface area contributed by atoms with Crippen LogP contribution < -0.4 is 5.32 Å². The van der Waals surface area contributed by atoms with Gasteiger partial charge in [-0.15, -0.1) is 0 Å². The summed E-state index contributed by atoms with van der Waals surface area (Å²) in [7, 11) is 1.31. The molecule has 0 saturated carbocycles. The minimum atomic E-state index is -0.732. The zero-order valence-corrected chi connectivity index (χ0v) is 20.6. The first-order valence-corrected chi connectivity index (χ1v) is 12.7. The Hall–Kier alpha value is -2.25. The van der Waals surface area contributed by atoms with Crippen LogP contribution in [0.5, 0.6) is 0 Å². The van der Waals surface area contributed by atoms with Crippen LogP contribution in [0, 0.1) is 5.92 Å². The van der Waals surface area contributed by atoms with Crippen LogP contribution in [-0.2, 0) is 20.1 Å². The number of carbonyl (C=O) groups excluding carboxylic acids is 3. The predicted octanol–water partition coefficient (Wildman–Crippen LogP) is 4.91. The summed E-state index contributed by atoms with van der Waals surface area (Å²) in [5.41, 5.74) is 3.06. The molecular formula is C25H31NO4S2. The Morgan fingerprint density at radius 3 is 2.19 bits per heavy atom. The van der Waals surface area contributed by atoms with Gasteiger partial charge in [-0.25, -0.2) is 4.79 Å². The molecule has 7 heteroatoms. The van der Waals surface area contributed by atoms with Crippen molar-refractivity contribution < 1.29 is 19.1 Å². The normalized spacial score (nSPS) is 12.8. The van der Waals surface area contributed by atoms with E-state index in [0.717, 1.165) is 17.5 Å². The predicted molar refractivity (Wildman–Crippen MR) is 133 cm³/mol. The number of rotatable bonds is 11. The number of amides is 1. The molecule has 172 valence electrons. The van der Waals surface area contributed by atoms with E-state index in [9.17, 15) is 14.4 Å². The molecule has 0 fully saturated rings. The minimum Gasteiger partial charge on any atom is -0.467 e. The van der Waals surface area contributed by atoms with Gasteiger partial charge in [-0.1, -0.05) is 87.1 Å². The largest absolute Gasteiger partial charge is 0.467 e. The van der Waals surface area contributed by atoms with Crippen molar-refractivity contribution in [2.24, 2.45) is 5.92 Å². The summed E-state index contributed by atoms with van der Waals surface area (Å²) in [4.78, 5) is 37.0. The van der Waals surface area contributed by atoms with Crippen LogP contribution in [0.25, 0.3) is 0 Å². The van der Waals surface area contributed by atoms with Crippen molar-refractivity contribution in [1.82, 2.24) is 5.32 Å². The van der Waals surface area contributed by atoms with Crippen LogP contribution >= 0.6 is 23.5 Å². The van der Waals surface area contributed by atoms with Gasteiger partial charge in [0, 0.05) is 28.7 Å². The van der Waals surface area contributed by atoms with Crippen LogP contribution in [0.2, 0.25) is 0 Å². The molecule has 1 amide bonds. The molecule has 0 spiro atoms. The standard InChI is InChI=1S/C25H31NO4S2/c1-17(2)20-12-10-19(11-13-20)15-31-16-22(24(28)30-4)26-23(27)18(3)14-32-25(29)21-8-6-5-7-9-21/h5-13,17-18,22H,14-16H2,1-4H3,(H,26,27)/t18-,22+/m1/s1. The Bertz CT molecular complexity index is 885. The summed E-state index contributed by atoms with van der Waals surface area (Å²) in [6.45, 7) is 6.06. The van der Waals surface area contributed by atoms with Gasteiger partial charge in [0.05, 0.1) is 7.11 Å². The molecule has 32 heavy (non-hydrogen) atoms. The third kappa shape index (κ3) is 8.36. The average molecular weight is 474 g/mol. The number of nitrogens with one attached hydrogen (secondary N) is 1. The van der Waals surface area contributed by atoms with Gasteiger partial charge in [-0.3, -0.25) is 9.59 Å². The van der Waals surface area contributed by atoms with Gasteiger partial charge in [0.15, 0.2) is 0 Å². The van der Waals surface area contributed by atoms with E-state index in [1.54, 1.807) is 43.0 Å². The van der Waals surface area contributed by atoms with E-state index >= 15 is 0 Å². The average Bonchev–Trinajstić information content (AvgIpc) is 2.81. The summed E-state index contributed by atoms with van der Waals surface area (Å²) < 4.78 is 4.87. The SMILES string of the molecule is COC(=O)[C@H](CSCc1ccc(C(C)C)cc1)NC(=O)[C@H](C)CSC(=O)c1ccccc1. The highest BCUT2D eigenvalue weighted by Gasteiger charge is 2.24. The lowest BCUT2D eigenvalue weighted by Crippen LogP contribution is -2.45. The molecule has 0 aliphatic carbocycles. The fraction of sp³-hybridized carbons (Fsp3) is 0.400. The fourth-order valence-electron chi connectivity index (χ4n) is 2.85. The Morgan fingerprint density at radius 1 is 0.938 bits per heavy atom. The van der Waals surface area contributed by atoms with E-state index in [1.807, 2.05) is 6.07 Å². The molecule has 2 atom stereocenters. The number of methoxy groups -OCH3 is 1. The van der Waals surface area contributed by atoms with Gasteiger partial charge in [-0.05, 0) is 17.0 Å². The molecule has 0 aromatic heterocycles. The topological polar surface area (TPSA) is 72.5 Å². The van der Waals surface area contributed by atoms with Crippen LogP contribution in [0.3, 0.4) is 0 Å². The summed E-state index contributed by atoms with van der Waals surface area (Å²) in [6, 6.07) is 16.7. The maximum Gasteiger partial charge on any atom is 0.329 e. The number of esters is 1. The van der Waals surface area contributed by atoms with E-state index in [4.69, 9.17) is 4.74 Å². The number of ether oxygens (including phenoxy) is 1. The van der Waals surface area contributed by atoms with Gasteiger partial charge >= 0.3 is 5.97 Å². The lowest BCUT2D eigenvalue weighted by Gasteiger charge is -2.19. The second-order valence-corrected chi connectivity index (χ2v) is 9.88. The number of hydrogen-bond acceptors (Lipinski definition) is 6. The number of hydrogen-bond donors (Lipinski definition) is 1. The van der Waals surface area contributed by atoms with Crippen LogP contribution in [0.4, 0.5) is 0 Å². The number of benzene rings is 2.